The first kappa shape index (κ1) is 20.3. The minimum atomic E-state index is -0.799. The molecule has 8 heteroatoms. The van der Waals surface area contributed by atoms with E-state index in [2.05, 4.69) is 10.4 Å². The van der Waals surface area contributed by atoms with Crippen LogP contribution in [0.4, 0.5) is 10.2 Å². The van der Waals surface area contributed by atoms with Crippen LogP contribution in [-0.4, -0.2) is 28.3 Å². The van der Waals surface area contributed by atoms with E-state index < -0.39 is 24.3 Å². The van der Waals surface area contributed by atoms with Crippen molar-refractivity contribution in [2.75, 3.05) is 11.9 Å². The molecule has 1 heterocycles. The Hall–Kier alpha value is -3.45. The van der Waals surface area contributed by atoms with Gasteiger partial charge in [-0.25, -0.2) is 13.9 Å². The SMILES string of the molecule is Cc1cc(NC(=O)COC(=O)/C=C/c2c(F)cccc2Cl)n(-c2ccccc2)n1. The lowest BCUT2D eigenvalue weighted by Crippen LogP contribution is -2.21. The second-order valence-corrected chi connectivity index (χ2v) is 6.45. The minimum Gasteiger partial charge on any atom is -0.452 e. The number of carbonyl (C=O) groups is 2. The number of esters is 1. The van der Waals surface area contributed by atoms with Gasteiger partial charge in [0.05, 0.1) is 16.4 Å². The van der Waals surface area contributed by atoms with Gasteiger partial charge in [0, 0.05) is 17.7 Å². The molecule has 3 aromatic rings. The number of amides is 1. The summed E-state index contributed by atoms with van der Waals surface area (Å²) in [6.07, 6.45) is 2.21. The number of carbonyl (C=O) groups excluding carboxylic acids is 2. The molecule has 1 N–H and O–H groups in total. The normalized spacial score (nSPS) is 10.9. The highest BCUT2D eigenvalue weighted by Crippen LogP contribution is 2.20. The lowest BCUT2D eigenvalue weighted by molar-refractivity contribution is -0.142. The lowest BCUT2D eigenvalue weighted by atomic mass is 10.2. The summed E-state index contributed by atoms with van der Waals surface area (Å²) in [4.78, 5) is 24.0. The largest absolute Gasteiger partial charge is 0.452 e. The van der Waals surface area contributed by atoms with Gasteiger partial charge in [0.15, 0.2) is 6.61 Å². The lowest BCUT2D eigenvalue weighted by Gasteiger charge is -2.08. The van der Waals surface area contributed by atoms with Crippen LogP contribution in [0.5, 0.6) is 0 Å². The van der Waals surface area contributed by atoms with Crippen molar-refractivity contribution in [3.63, 3.8) is 0 Å². The number of para-hydroxylation sites is 1. The van der Waals surface area contributed by atoms with E-state index in [0.717, 1.165) is 11.8 Å². The van der Waals surface area contributed by atoms with Crippen molar-refractivity contribution < 1.29 is 18.7 Å². The van der Waals surface area contributed by atoms with Crippen LogP contribution >= 0.6 is 11.6 Å². The molecule has 0 radical (unpaired) electrons. The Morgan fingerprint density at radius 3 is 2.69 bits per heavy atom. The monoisotopic (exact) mass is 413 g/mol. The molecule has 0 aliphatic rings. The molecular formula is C21H17ClFN3O3. The fraction of sp³-hybridized carbons (Fsp3) is 0.0952. The predicted octanol–water partition coefficient (Wildman–Crippen LogP) is 4.17. The third kappa shape index (κ3) is 5.30. The molecule has 3 rings (SSSR count). The Kier molecular flexibility index (Phi) is 6.41. The van der Waals surface area contributed by atoms with E-state index in [-0.39, 0.29) is 10.6 Å². The summed E-state index contributed by atoms with van der Waals surface area (Å²) in [5.74, 6) is -1.45. The highest BCUT2D eigenvalue weighted by Gasteiger charge is 2.12. The molecule has 2 aromatic carbocycles. The van der Waals surface area contributed by atoms with Gasteiger partial charge in [0.2, 0.25) is 0 Å². The van der Waals surface area contributed by atoms with Crippen molar-refractivity contribution in [1.82, 2.24) is 9.78 Å². The first-order chi connectivity index (χ1) is 13.9. The van der Waals surface area contributed by atoms with Crippen LogP contribution in [0.2, 0.25) is 5.02 Å². The summed E-state index contributed by atoms with van der Waals surface area (Å²) < 4.78 is 20.2. The van der Waals surface area contributed by atoms with Crippen molar-refractivity contribution in [1.29, 1.82) is 0 Å². The number of anilines is 1. The summed E-state index contributed by atoms with van der Waals surface area (Å²) >= 11 is 5.88. The number of rotatable bonds is 6. The van der Waals surface area contributed by atoms with E-state index in [1.165, 1.54) is 24.3 Å². The van der Waals surface area contributed by atoms with E-state index in [9.17, 15) is 14.0 Å². The van der Waals surface area contributed by atoms with E-state index in [1.807, 2.05) is 30.3 Å². The molecule has 0 fully saturated rings. The van der Waals surface area contributed by atoms with Crippen LogP contribution in [0, 0.1) is 12.7 Å². The number of nitrogens with zero attached hydrogens (tertiary/aromatic N) is 2. The van der Waals surface area contributed by atoms with Crippen LogP contribution in [-0.2, 0) is 14.3 Å². The molecule has 29 heavy (non-hydrogen) atoms. The number of hydrogen-bond donors (Lipinski definition) is 1. The molecule has 0 bridgehead atoms. The number of hydrogen-bond acceptors (Lipinski definition) is 4. The average Bonchev–Trinajstić information content (AvgIpc) is 3.06. The first-order valence-electron chi connectivity index (χ1n) is 8.65. The number of aryl methyl sites for hydroxylation is 1. The highest BCUT2D eigenvalue weighted by molar-refractivity contribution is 6.32. The maximum Gasteiger partial charge on any atom is 0.331 e. The van der Waals surface area contributed by atoms with Gasteiger partial charge in [-0.05, 0) is 37.3 Å². The maximum atomic E-state index is 13.7. The number of ether oxygens (including phenoxy) is 1. The van der Waals surface area contributed by atoms with Gasteiger partial charge in [0.1, 0.15) is 11.6 Å². The molecule has 0 aliphatic carbocycles. The zero-order valence-electron chi connectivity index (χ0n) is 15.4. The van der Waals surface area contributed by atoms with E-state index in [4.69, 9.17) is 16.3 Å². The molecule has 0 unspecified atom stereocenters. The van der Waals surface area contributed by atoms with Crippen molar-refractivity contribution in [3.05, 3.63) is 82.8 Å². The Morgan fingerprint density at radius 1 is 1.21 bits per heavy atom. The van der Waals surface area contributed by atoms with Crippen LogP contribution in [0.25, 0.3) is 11.8 Å². The number of benzene rings is 2. The minimum absolute atomic E-state index is 0.0674. The van der Waals surface area contributed by atoms with Crippen molar-refractivity contribution >= 4 is 35.4 Å². The predicted molar refractivity (Wildman–Crippen MR) is 108 cm³/mol. The third-order valence-corrected chi connectivity index (χ3v) is 4.16. The second-order valence-electron chi connectivity index (χ2n) is 6.04. The van der Waals surface area contributed by atoms with Crippen LogP contribution in [0.3, 0.4) is 0 Å². The number of aromatic nitrogens is 2. The Balaban J connectivity index is 1.60. The van der Waals surface area contributed by atoms with Gasteiger partial charge >= 0.3 is 5.97 Å². The summed E-state index contributed by atoms with van der Waals surface area (Å²) in [6, 6.07) is 15.2. The van der Waals surface area contributed by atoms with Crippen molar-refractivity contribution in [2.45, 2.75) is 6.92 Å². The van der Waals surface area contributed by atoms with E-state index >= 15 is 0 Å². The van der Waals surface area contributed by atoms with Crippen LogP contribution in [0.15, 0.2) is 60.7 Å². The molecule has 148 valence electrons. The second kappa shape index (κ2) is 9.16. The fourth-order valence-corrected chi connectivity index (χ4v) is 2.77. The topological polar surface area (TPSA) is 73.2 Å². The third-order valence-electron chi connectivity index (χ3n) is 3.83. The zero-order valence-corrected chi connectivity index (χ0v) is 16.2. The van der Waals surface area contributed by atoms with E-state index in [1.54, 1.807) is 17.7 Å². The van der Waals surface area contributed by atoms with Crippen LogP contribution in [0.1, 0.15) is 11.3 Å². The standard InChI is InChI=1S/C21H17ClFN3O3/c1-14-12-19(26(25-14)15-6-3-2-4-7-15)24-20(27)13-29-21(28)11-10-16-17(22)8-5-9-18(16)23/h2-12H,13H2,1H3,(H,24,27)/b11-10+. The van der Waals surface area contributed by atoms with Gasteiger partial charge in [-0.15, -0.1) is 0 Å². The smallest absolute Gasteiger partial charge is 0.331 e. The van der Waals surface area contributed by atoms with Gasteiger partial charge in [0.25, 0.3) is 5.91 Å². The Labute approximate surface area is 171 Å². The molecule has 1 aromatic heterocycles. The molecule has 0 saturated carbocycles. The summed E-state index contributed by atoms with van der Waals surface area (Å²) in [5, 5.41) is 7.16. The summed E-state index contributed by atoms with van der Waals surface area (Å²) in [7, 11) is 0. The van der Waals surface area contributed by atoms with Gasteiger partial charge in [-0.3, -0.25) is 4.79 Å². The van der Waals surface area contributed by atoms with Gasteiger partial charge < -0.3 is 10.1 Å². The average molecular weight is 414 g/mol. The van der Waals surface area contributed by atoms with Crippen LogP contribution < -0.4 is 5.32 Å². The maximum absolute atomic E-state index is 13.7. The quantitative estimate of drug-likeness (QED) is 0.486. The van der Waals surface area contributed by atoms with E-state index in [0.29, 0.717) is 11.5 Å². The Morgan fingerprint density at radius 2 is 1.97 bits per heavy atom. The van der Waals surface area contributed by atoms with Crippen molar-refractivity contribution in [3.8, 4) is 5.69 Å². The Bertz CT molecular complexity index is 1040. The van der Waals surface area contributed by atoms with Gasteiger partial charge in [-0.1, -0.05) is 35.9 Å². The number of nitrogens with one attached hydrogen (secondary N) is 1. The number of halogens is 2. The van der Waals surface area contributed by atoms with Gasteiger partial charge in [-0.2, -0.15) is 5.10 Å². The highest BCUT2D eigenvalue weighted by atomic mass is 35.5. The first-order valence-corrected chi connectivity index (χ1v) is 9.02. The molecule has 0 atom stereocenters. The fourth-order valence-electron chi connectivity index (χ4n) is 2.54. The summed E-state index contributed by atoms with van der Waals surface area (Å²) in [5.41, 5.74) is 1.56. The molecule has 0 spiro atoms. The molecule has 6 nitrogen and oxygen atoms in total. The molecule has 0 aliphatic heterocycles. The summed E-state index contributed by atoms with van der Waals surface area (Å²) in [6.45, 7) is 1.29. The molecule has 1 amide bonds. The molecule has 0 saturated heterocycles. The van der Waals surface area contributed by atoms with Crippen molar-refractivity contribution in [2.24, 2.45) is 0 Å². The molecular weight excluding hydrogens is 397 g/mol. The zero-order chi connectivity index (χ0) is 20.8.